The molecule has 2 heterocycles. The molecular formula is C18H19ClN2O3. The Kier molecular flexibility index (Phi) is 5.02. The van der Waals surface area contributed by atoms with Crippen molar-refractivity contribution in [1.82, 2.24) is 9.88 Å². The molecule has 0 spiro atoms. The first kappa shape index (κ1) is 16.7. The monoisotopic (exact) mass is 346 g/mol. The molecule has 2 aromatic rings. The minimum Gasteiger partial charge on any atom is -0.496 e. The quantitative estimate of drug-likeness (QED) is 0.924. The summed E-state index contributed by atoms with van der Waals surface area (Å²) in [5.41, 5.74) is 1.33. The number of aliphatic hydroxyl groups is 1. The van der Waals surface area contributed by atoms with Crippen molar-refractivity contribution in [2.45, 2.75) is 5.92 Å². The van der Waals surface area contributed by atoms with Crippen molar-refractivity contribution < 1.29 is 14.6 Å². The first-order valence-electron chi connectivity index (χ1n) is 7.78. The van der Waals surface area contributed by atoms with Gasteiger partial charge in [0.05, 0.1) is 12.7 Å². The first-order valence-corrected chi connectivity index (χ1v) is 8.16. The molecule has 1 aliphatic heterocycles. The van der Waals surface area contributed by atoms with Gasteiger partial charge in [-0.2, -0.15) is 0 Å². The zero-order valence-corrected chi connectivity index (χ0v) is 14.1. The summed E-state index contributed by atoms with van der Waals surface area (Å²) in [6.07, 6.45) is 1.73. The van der Waals surface area contributed by atoms with E-state index in [1.807, 2.05) is 18.2 Å². The van der Waals surface area contributed by atoms with E-state index in [0.717, 1.165) is 5.69 Å². The zero-order valence-electron chi connectivity index (χ0n) is 13.4. The molecule has 24 heavy (non-hydrogen) atoms. The number of nitrogens with zero attached hydrogens (tertiary/aromatic N) is 2. The Hall–Kier alpha value is -2.11. The molecule has 1 aromatic carbocycles. The number of aliphatic hydroxyl groups excluding tert-OH is 1. The van der Waals surface area contributed by atoms with Crippen molar-refractivity contribution in [2.24, 2.45) is 5.92 Å². The molecule has 0 radical (unpaired) electrons. The lowest BCUT2D eigenvalue weighted by Crippen LogP contribution is -2.29. The number of ether oxygens (including phenoxy) is 1. The van der Waals surface area contributed by atoms with Crippen LogP contribution in [0, 0.1) is 5.92 Å². The molecule has 0 unspecified atom stereocenters. The Morgan fingerprint density at radius 3 is 2.88 bits per heavy atom. The van der Waals surface area contributed by atoms with Crippen molar-refractivity contribution in [2.75, 3.05) is 26.8 Å². The largest absolute Gasteiger partial charge is 0.496 e. The highest BCUT2D eigenvalue weighted by molar-refractivity contribution is 6.31. The Bertz CT molecular complexity index is 723. The van der Waals surface area contributed by atoms with Crippen LogP contribution in [0.25, 0.3) is 0 Å². The number of halogens is 1. The first-order chi connectivity index (χ1) is 11.6. The predicted molar refractivity (Wildman–Crippen MR) is 91.5 cm³/mol. The van der Waals surface area contributed by atoms with Crippen LogP contribution in [0.3, 0.4) is 0 Å². The summed E-state index contributed by atoms with van der Waals surface area (Å²) in [4.78, 5) is 19.0. The highest BCUT2D eigenvalue weighted by Gasteiger charge is 2.37. The molecule has 0 saturated carbocycles. The van der Waals surface area contributed by atoms with Gasteiger partial charge >= 0.3 is 0 Å². The number of pyridine rings is 1. The Labute approximate surface area is 145 Å². The SMILES string of the molecule is COc1ccc(Cl)cc1C(=O)N1C[C@@H](CO)[C@H](c2ccccn2)C1. The summed E-state index contributed by atoms with van der Waals surface area (Å²) in [6, 6.07) is 10.7. The lowest BCUT2D eigenvalue weighted by Gasteiger charge is -2.18. The number of carbonyl (C=O) groups is 1. The van der Waals surface area contributed by atoms with Gasteiger partial charge in [-0.15, -0.1) is 0 Å². The van der Waals surface area contributed by atoms with Gasteiger partial charge in [-0.1, -0.05) is 17.7 Å². The third-order valence-electron chi connectivity index (χ3n) is 4.42. The Balaban J connectivity index is 1.86. The van der Waals surface area contributed by atoms with E-state index in [4.69, 9.17) is 16.3 Å². The van der Waals surface area contributed by atoms with Crippen LogP contribution in [0.1, 0.15) is 22.0 Å². The summed E-state index contributed by atoms with van der Waals surface area (Å²) < 4.78 is 5.28. The fraction of sp³-hybridized carbons (Fsp3) is 0.333. The second kappa shape index (κ2) is 7.20. The van der Waals surface area contributed by atoms with E-state index >= 15 is 0 Å². The lowest BCUT2D eigenvalue weighted by atomic mass is 9.93. The normalized spacial score (nSPS) is 20.2. The summed E-state index contributed by atoms with van der Waals surface area (Å²) >= 11 is 6.03. The maximum absolute atomic E-state index is 12.9. The number of hydrogen-bond acceptors (Lipinski definition) is 4. The van der Waals surface area contributed by atoms with Crippen LogP contribution in [0.5, 0.6) is 5.75 Å². The van der Waals surface area contributed by atoms with Crippen LogP contribution in [0.15, 0.2) is 42.6 Å². The van der Waals surface area contributed by atoms with Gasteiger partial charge in [0.15, 0.2) is 0 Å². The summed E-state index contributed by atoms with van der Waals surface area (Å²) in [5.74, 6) is 0.330. The van der Waals surface area contributed by atoms with Gasteiger partial charge < -0.3 is 14.7 Å². The van der Waals surface area contributed by atoms with E-state index in [0.29, 0.717) is 29.4 Å². The van der Waals surface area contributed by atoms with Crippen molar-refractivity contribution in [1.29, 1.82) is 0 Å². The van der Waals surface area contributed by atoms with Gasteiger partial charge in [-0.25, -0.2) is 0 Å². The maximum atomic E-state index is 12.9. The standard InChI is InChI=1S/C18H19ClN2O3/c1-24-17-6-5-13(19)8-14(17)18(23)21-9-12(11-22)15(10-21)16-4-2-3-7-20-16/h2-8,12,15,22H,9-11H2,1H3/t12-,15+/m0/s1. The van der Waals surface area contributed by atoms with Crippen LogP contribution in [-0.2, 0) is 0 Å². The molecule has 1 saturated heterocycles. The van der Waals surface area contributed by atoms with Crippen LogP contribution in [-0.4, -0.2) is 47.7 Å². The Morgan fingerprint density at radius 1 is 1.38 bits per heavy atom. The summed E-state index contributed by atoms with van der Waals surface area (Å²) in [6.45, 7) is 1.00. The maximum Gasteiger partial charge on any atom is 0.257 e. The molecule has 1 amide bonds. The summed E-state index contributed by atoms with van der Waals surface area (Å²) in [5, 5.41) is 10.2. The smallest absolute Gasteiger partial charge is 0.257 e. The van der Waals surface area contributed by atoms with E-state index in [-0.39, 0.29) is 24.3 Å². The fourth-order valence-corrected chi connectivity index (χ4v) is 3.34. The number of methoxy groups -OCH3 is 1. The molecule has 126 valence electrons. The van der Waals surface area contributed by atoms with Crippen LogP contribution < -0.4 is 4.74 Å². The van der Waals surface area contributed by atoms with Crippen molar-refractivity contribution in [3.05, 3.63) is 58.9 Å². The molecule has 3 rings (SSSR count). The third-order valence-corrected chi connectivity index (χ3v) is 4.66. The van der Waals surface area contributed by atoms with Crippen LogP contribution in [0.2, 0.25) is 5.02 Å². The lowest BCUT2D eigenvalue weighted by molar-refractivity contribution is 0.0778. The number of hydrogen-bond donors (Lipinski definition) is 1. The van der Waals surface area contributed by atoms with Gasteiger partial charge in [0.1, 0.15) is 5.75 Å². The van der Waals surface area contributed by atoms with E-state index in [1.54, 1.807) is 29.3 Å². The second-order valence-electron chi connectivity index (χ2n) is 5.86. The highest BCUT2D eigenvalue weighted by atomic mass is 35.5. The topological polar surface area (TPSA) is 62.7 Å². The average molecular weight is 347 g/mol. The van der Waals surface area contributed by atoms with Crippen LogP contribution in [0.4, 0.5) is 0 Å². The van der Waals surface area contributed by atoms with Gasteiger partial charge in [0.2, 0.25) is 0 Å². The molecule has 6 heteroatoms. The number of benzene rings is 1. The van der Waals surface area contributed by atoms with E-state index in [9.17, 15) is 9.90 Å². The summed E-state index contributed by atoms with van der Waals surface area (Å²) in [7, 11) is 1.53. The fourth-order valence-electron chi connectivity index (χ4n) is 3.17. The number of carbonyl (C=O) groups excluding carboxylic acids is 1. The van der Waals surface area contributed by atoms with Crippen molar-refractivity contribution in [3.8, 4) is 5.75 Å². The average Bonchev–Trinajstić information content (AvgIpc) is 3.06. The molecule has 1 aliphatic rings. The number of likely N-dealkylation sites (tertiary alicyclic amines) is 1. The van der Waals surface area contributed by atoms with Crippen LogP contribution >= 0.6 is 11.6 Å². The van der Waals surface area contributed by atoms with E-state index in [1.165, 1.54) is 7.11 Å². The molecule has 1 fully saturated rings. The number of amides is 1. The minimum absolute atomic E-state index is 0.0116. The number of aromatic nitrogens is 1. The molecule has 2 atom stereocenters. The molecule has 1 aromatic heterocycles. The molecule has 1 N–H and O–H groups in total. The minimum atomic E-state index is -0.147. The second-order valence-corrected chi connectivity index (χ2v) is 6.29. The van der Waals surface area contributed by atoms with Gasteiger partial charge in [0.25, 0.3) is 5.91 Å². The van der Waals surface area contributed by atoms with Crippen molar-refractivity contribution >= 4 is 17.5 Å². The predicted octanol–water partition coefficient (Wildman–Crippen LogP) is 2.59. The van der Waals surface area contributed by atoms with E-state index in [2.05, 4.69) is 4.98 Å². The Morgan fingerprint density at radius 2 is 2.21 bits per heavy atom. The molecule has 5 nitrogen and oxygen atoms in total. The highest BCUT2D eigenvalue weighted by Crippen LogP contribution is 2.33. The van der Waals surface area contributed by atoms with Crippen molar-refractivity contribution in [3.63, 3.8) is 0 Å². The van der Waals surface area contributed by atoms with Gasteiger partial charge in [-0.3, -0.25) is 9.78 Å². The number of rotatable bonds is 4. The van der Waals surface area contributed by atoms with Gasteiger partial charge in [0, 0.05) is 48.4 Å². The third kappa shape index (κ3) is 3.23. The molecule has 0 bridgehead atoms. The zero-order chi connectivity index (χ0) is 17.1. The van der Waals surface area contributed by atoms with Gasteiger partial charge in [-0.05, 0) is 30.3 Å². The molecular weight excluding hydrogens is 328 g/mol. The molecule has 0 aliphatic carbocycles. The van der Waals surface area contributed by atoms with E-state index < -0.39 is 0 Å².